The number of hydrogen-bond donors (Lipinski definition) is 1. The molecule has 0 spiro atoms. The quantitative estimate of drug-likeness (QED) is 0.797. The Bertz CT molecular complexity index is 355. The first kappa shape index (κ1) is 11.4. The van der Waals surface area contributed by atoms with Crippen LogP contribution in [0.3, 0.4) is 0 Å². The van der Waals surface area contributed by atoms with E-state index in [1.165, 1.54) is 12.8 Å². The molecule has 1 aliphatic heterocycles. The van der Waals surface area contributed by atoms with Crippen molar-refractivity contribution in [3.63, 3.8) is 0 Å². The van der Waals surface area contributed by atoms with Gasteiger partial charge in [-0.05, 0) is 57.4 Å². The molecule has 1 atom stereocenters. The Morgan fingerprint density at radius 2 is 1.93 bits per heavy atom. The molecule has 4 heteroatoms. The van der Waals surface area contributed by atoms with Crippen LogP contribution in [0.2, 0.25) is 0 Å². The molecule has 0 radical (unpaired) electrons. The van der Waals surface area contributed by atoms with Crippen molar-refractivity contribution in [2.24, 2.45) is 17.1 Å². The normalized spacial score (nSPS) is 35.3. The Morgan fingerprint density at radius 3 is 2.27 bits per heavy atom. The molecule has 2 fully saturated rings. The van der Waals surface area contributed by atoms with Crippen molar-refractivity contribution in [3.05, 3.63) is 0 Å². The molecule has 2 rings (SSSR count). The van der Waals surface area contributed by atoms with E-state index in [0.717, 1.165) is 12.8 Å². The summed E-state index contributed by atoms with van der Waals surface area (Å²) in [5.41, 5.74) is 5.89. The maximum absolute atomic E-state index is 11.9. The van der Waals surface area contributed by atoms with Crippen LogP contribution in [-0.2, 0) is 9.84 Å². The lowest BCUT2D eigenvalue weighted by atomic mass is 9.77. The lowest BCUT2D eigenvalue weighted by Gasteiger charge is -2.33. The summed E-state index contributed by atoms with van der Waals surface area (Å²) in [6.07, 6.45) is 4.19. The van der Waals surface area contributed by atoms with E-state index in [9.17, 15) is 8.42 Å². The summed E-state index contributed by atoms with van der Waals surface area (Å²) >= 11 is 0. The smallest absolute Gasteiger partial charge is 0.155 e. The highest BCUT2D eigenvalue weighted by Gasteiger charge is 2.60. The van der Waals surface area contributed by atoms with Gasteiger partial charge in [0.05, 0.1) is 10.5 Å². The molecule has 1 saturated heterocycles. The van der Waals surface area contributed by atoms with Gasteiger partial charge in [-0.3, -0.25) is 0 Å². The van der Waals surface area contributed by atoms with Gasteiger partial charge in [0.15, 0.2) is 9.84 Å². The van der Waals surface area contributed by atoms with Crippen LogP contribution in [0.1, 0.15) is 39.5 Å². The van der Waals surface area contributed by atoms with Crippen molar-refractivity contribution in [3.8, 4) is 0 Å². The van der Waals surface area contributed by atoms with Crippen molar-refractivity contribution in [1.29, 1.82) is 0 Å². The van der Waals surface area contributed by atoms with Gasteiger partial charge >= 0.3 is 0 Å². The second-order valence-corrected chi connectivity index (χ2v) is 8.35. The molecule has 15 heavy (non-hydrogen) atoms. The van der Waals surface area contributed by atoms with E-state index in [1.807, 2.05) is 13.8 Å². The minimum Gasteiger partial charge on any atom is -0.330 e. The molecular formula is C11H21NO2S. The molecule has 0 bridgehead atoms. The minimum absolute atomic E-state index is 0.266. The van der Waals surface area contributed by atoms with Gasteiger partial charge in [-0.2, -0.15) is 0 Å². The number of hydrogen-bond acceptors (Lipinski definition) is 3. The van der Waals surface area contributed by atoms with E-state index in [1.54, 1.807) is 0 Å². The van der Waals surface area contributed by atoms with Gasteiger partial charge < -0.3 is 5.73 Å². The zero-order chi connectivity index (χ0) is 11.3. The molecule has 1 heterocycles. The zero-order valence-corrected chi connectivity index (χ0v) is 10.4. The number of rotatable bonds is 3. The van der Waals surface area contributed by atoms with Crippen LogP contribution in [0.5, 0.6) is 0 Å². The molecule has 0 aromatic rings. The molecule has 3 nitrogen and oxygen atoms in total. The summed E-state index contributed by atoms with van der Waals surface area (Å²) in [5.74, 6) is 0.704. The molecule has 1 saturated carbocycles. The Hall–Kier alpha value is -0.0900. The SMILES string of the molecule is CC1(C)C(C2(CCN)CC2)CCS1(=O)=O. The Morgan fingerprint density at radius 1 is 1.33 bits per heavy atom. The molecular weight excluding hydrogens is 210 g/mol. The maximum Gasteiger partial charge on any atom is 0.155 e. The van der Waals surface area contributed by atoms with E-state index < -0.39 is 14.6 Å². The van der Waals surface area contributed by atoms with Crippen LogP contribution in [-0.4, -0.2) is 25.5 Å². The minimum atomic E-state index is -2.88. The van der Waals surface area contributed by atoms with Crippen molar-refractivity contribution in [1.82, 2.24) is 0 Å². The Labute approximate surface area is 92.3 Å². The first-order valence-electron chi connectivity index (χ1n) is 5.78. The molecule has 2 aliphatic rings. The van der Waals surface area contributed by atoms with Crippen molar-refractivity contribution < 1.29 is 8.42 Å². The lowest BCUT2D eigenvalue weighted by Crippen LogP contribution is -2.38. The highest BCUT2D eigenvalue weighted by Crippen LogP contribution is 2.62. The molecule has 2 N–H and O–H groups in total. The van der Waals surface area contributed by atoms with E-state index >= 15 is 0 Å². The predicted octanol–water partition coefficient (Wildman–Crippen LogP) is 1.33. The summed E-state index contributed by atoms with van der Waals surface area (Å²) in [5, 5.41) is 0. The van der Waals surface area contributed by atoms with Crippen LogP contribution < -0.4 is 5.73 Å². The first-order chi connectivity index (χ1) is 6.86. The Balaban J connectivity index is 2.26. The van der Waals surface area contributed by atoms with Gasteiger partial charge in [0, 0.05) is 0 Å². The van der Waals surface area contributed by atoms with Gasteiger partial charge in [-0.25, -0.2) is 8.42 Å². The number of sulfone groups is 1. The van der Waals surface area contributed by atoms with Gasteiger partial charge in [0.1, 0.15) is 0 Å². The molecule has 0 aromatic carbocycles. The zero-order valence-electron chi connectivity index (χ0n) is 9.62. The van der Waals surface area contributed by atoms with Crippen LogP contribution >= 0.6 is 0 Å². The topological polar surface area (TPSA) is 60.2 Å². The van der Waals surface area contributed by atoms with E-state index in [4.69, 9.17) is 5.73 Å². The second-order valence-electron chi connectivity index (χ2n) is 5.66. The number of nitrogens with two attached hydrogens (primary N) is 1. The van der Waals surface area contributed by atoms with E-state index in [0.29, 0.717) is 18.2 Å². The van der Waals surface area contributed by atoms with Crippen LogP contribution in [0.4, 0.5) is 0 Å². The van der Waals surface area contributed by atoms with Gasteiger partial charge in [-0.15, -0.1) is 0 Å². The van der Waals surface area contributed by atoms with Crippen LogP contribution in [0, 0.1) is 11.3 Å². The summed E-state index contributed by atoms with van der Waals surface area (Å²) < 4.78 is 23.4. The van der Waals surface area contributed by atoms with Gasteiger partial charge in [-0.1, -0.05) is 0 Å². The molecule has 0 amide bonds. The fraction of sp³-hybridized carbons (Fsp3) is 1.00. The fourth-order valence-corrected chi connectivity index (χ4v) is 5.24. The van der Waals surface area contributed by atoms with Crippen LogP contribution in [0.15, 0.2) is 0 Å². The second kappa shape index (κ2) is 3.20. The van der Waals surface area contributed by atoms with Crippen molar-refractivity contribution in [2.45, 2.75) is 44.3 Å². The highest BCUT2D eigenvalue weighted by molar-refractivity contribution is 7.93. The third-order valence-corrected chi connectivity index (χ3v) is 7.25. The van der Waals surface area contributed by atoms with Crippen LogP contribution in [0.25, 0.3) is 0 Å². The lowest BCUT2D eigenvalue weighted by molar-refractivity contribution is 0.244. The fourth-order valence-electron chi connectivity index (χ4n) is 3.36. The Kier molecular flexibility index (Phi) is 2.43. The first-order valence-corrected chi connectivity index (χ1v) is 7.43. The molecule has 0 aromatic heterocycles. The summed E-state index contributed by atoms with van der Waals surface area (Å²) in [6, 6.07) is 0. The third-order valence-electron chi connectivity index (χ3n) is 4.59. The van der Waals surface area contributed by atoms with Gasteiger partial charge in [0.2, 0.25) is 0 Å². The monoisotopic (exact) mass is 231 g/mol. The standard InChI is InChI=1S/C11H21NO2S/c1-10(2)9(3-8-15(10,13)14)11(4-5-11)6-7-12/h9H,3-8,12H2,1-2H3. The average molecular weight is 231 g/mol. The van der Waals surface area contributed by atoms with Gasteiger partial charge in [0.25, 0.3) is 0 Å². The molecule has 1 aliphatic carbocycles. The maximum atomic E-state index is 11.9. The molecule has 1 unspecified atom stereocenters. The molecule has 88 valence electrons. The van der Waals surface area contributed by atoms with Crippen molar-refractivity contribution in [2.75, 3.05) is 12.3 Å². The van der Waals surface area contributed by atoms with E-state index in [-0.39, 0.29) is 5.41 Å². The largest absolute Gasteiger partial charge is 0.330 e. The van der Waals surface area contributed by atoms with E-state index in [2.05, 4.69) is 0 Å². The summed E-state index contributed by atoms with van der Waals surface area (Å²) in [7, 11) is -2.88. The summed E-state index contributed by atoms with van der Waals surface area (Å²) in [4.78, 5) is 0. The third kappa shape index (κ3) is 1.53. The van der Waals surface area contributed by atoms with Crippen molar-refractivity contribution >= 4 is 9.84 Å². The highest BCUT2D eigenvalue weighted by atomic mass is 32.2. The predicted molar refractivity (Wildman–Crippen MR) is 61.3 cm³/mol. The summed E-state index contributed by atoms with van der Waals surface area (Å²) in [6.45, 7) is 4.49. The average Bonchev–Trinajstić information content (AvgIpc) is 2.80.